The lowest BCUT2D eigenvalue weighted by Gasteiger charge is -2.19. The molecule has 4 aromatic rings. The highest BCUT2D eigenvalue weighted by atomic mass is 16.5. The van der Waals surface area contributed by atoms with Crippen molar-refractivity contribution < 1.29 is 19.3 Å². The smallest absolute Gasteiger partial charge is 0.203 e. The molecule has 0 bridgehead atoms. The van der Waals surface area contributed by atoms with Gasteiger partial charge in [0.25, 0.3) is 0 Å². The number of hydrogen-bond acceptors (Lipinski definition) is 4. The van der Waals surface area contributed by atoms with Crippen LogP contribution in [0.15, 0.2) is 103 Å². The Morgan fingerprint density at radius 3 is 1.32 bits per heavy atom. The Labute approximate surface area is 201 Å². The van der Waals surface area contributed by atoms with Crippen LogP contribution < -0.4 is 14.2 Å². The van der Waals surface area contributed by atoms with E-state index in [0.717, 1.165) is 28.7 Å². The molecule has 0 atom stereocenters. The Kier molecular flexibility index (Phi) is 8.58. The molecule has 34 heavy (non-hydrogen) atoms. The van der Waals surface area contributed by atoms with Crippen molar-refractivity contribution in [2.75, 3.05) is 6.61 Å². The maximum Gasteiger partial charge on any atom is 0.203 e. The molecular weight excluding hydrogens is 424 g/mol. The molecule has 4 nitrogen and oxygen atoms in total. The van der Waals surface area contributed by atoms with E-state index in [1.54, 1.807) is 0 Å². The lowest BCUT2D eigenvalue weighted by atomic mass is 10.1. The highest BCUT2D eigenvalue weighted by Gasteiger charge is 2.17. The first-order chi connectivity index (χ1) is 16.8. The van der Waals surface area contributed by atoms with E-state index < -0.39 is 0 Å². The Hall–Kier alpha value is -3.76. The molecule has 4 aromatic carbocycles. The summed E-state index contributed by atoms with van der Waals surface area (Å²) in [4.78, 5) is 0. The Morgan fingerprint density at radius 2 is 0.912 bits per heavy atom. The van der Waals surface area contributed by atoms with E-state index in [1.807, 2.05) is 103 Å². The van der Waals surface area contributed by atoms with E-state index in [9.17, 15) is 5.11 Å². The highest BCUT2D eigenvalue weighted by Crippen LogP contribution is 2.40. The summed E-state index contributed by atoms with van der Waals surface area (Å²) < 4.78 is 18.8. The average Bonchev–Trinajstić information content (AvgIpc) is 2.90. The molecule has 4 rings (SSSR count). The quantitative estimate of drug-likeness (QED) is 0.271. The number of aliphatic hydroxyl groups excluding tert-OH is 1. The molecule has 0 radical (unpaired) electrons. The van der Waals surface area contributed by atoms with E-state index in [0.29, 0.717) is 43.5 Å². The van der Waals surface area contributed by atoms with E-state index in [4.69, 9.17) is 14.2 Å². The highest BCUT2D eigenvalue weighted by molar-refractivity contribution is 5.54. The van der Waals surface area contributed by atoms with Gasteiger partial charge in [0.15, 0.2) is 11.5 Å². The zero-order valence-corrected chi connectivity index (χ0v) is 19.2. The summed E-state index contributed by atoms with van der Waals surface area (Å²) in [5, 5.41) is 9.35. The second kappa shape index (κ2) is 12.5. The van der Waals surface area contributed by atoms with Gasteiger partial charge in [-0.25, -0.2) is 0 Å². The summed E-state index contributed by atoms with van der Waals surface area (Å²) in [5.41, 5.74) is 4.25. The first-order valence-corrected chi connectivity index (χ1v) is 11.6. The van der Waals surface area contributed by atoms with Crippen LogP contribution in [0.2, 0.25) is 0 Å². The fourth-order valence-corrected chi connectivity index (χ4v) is 3.62. The summed E-state index contributed by atoms with van der Waals surface area (Å²) in [7, 11) is 0. The minimum atomic E-state index is 0.132. The third-order valence-corrected chi connectivity index (χ3v) is 5.40. The van der Waals surface area contributed by atoms with Gasteiger partial charge in [-0.05, 0) is 47.2 Å². The second-order valence-corrected chi connectivity index (χ2v) is 8.07. The SMILES string of the molecule is OCCCc1cc(OCc2ccccc2)c(OCc2ccccc2)c(OCc2ccccc2)c1. The van der Waals surface area contributed by atoms with Gasteiger partial charge < -0.3 is 19.3 Å². The molecule has 4 heteroatoms. The third kappa shape index (κ3) is 6.87. The monoisotopic (exact) mass is 454 g/mol. The van der Waals surface area contributed by atoms with Crippen molar-refractivity contribution >= 4 is 0 Å². The molecule has 0 aliphatic rings. The largest absolute Gasteiger partial charge is 0.485 e. The van der Waals surface area contributed by atoms with Crippen LogP contribution in [-0.4, -0.2) is 11.7 Å². The van der Waals surface area contributed by atoms with E-state index in [1.165, 1.54) is 0 Å². The molecule has 0 heterocycles. The van der Waals surface area contributed by atoms with Gasteiger partial charge in [0.2, 0.25) is 5.75 Å². The zero-order chi connectivity index (χ0) is 23.4. The molecule has 0 unspecified atom stereocenters. The van der Waals surface area contributed by atoms with Gasteiger partial charge in [0.1, 0.15) is 19.8 Å². The third-order valence-electron chi connectivity index (χ3n) is 5.40. The molecule has 0 amide bonds. The summed E-state index contributed by atoms with van der Waals surface area (Å²) in [6, 6.07) is 34.1. The molecule has 0 saturated heterocycles. The van der Waals surface area contributed by atoms with Gasteiger partial charge in [-0.3, -0.25) is 0 Å². The Balaban J connectivity index is 1.63. The molecular formula is C30H30O4. The van der Waals surface area contributed by atoms with Crippen molar-refractivity contribution in [1.82, 2.24) is 0 Å². The summed E-state index contributed by atoms with van der Waals surface area (Å²) in [6.45, 7) is 1.38. The first kappa shape index (κ1) is 23.4. The lowest BCUT2D eigenvalue weighted by Crippen LogP contribution is -2.05. The number of benzene rings is 4. The minimum Gasteiger partial charge on any atom is -0.485 e. The van der Waals surface area contributed by atoms with Gasteiger partial charge in [0, 0.05) is 6.61 Å². The molecule has 0 aliphatic heterocycles. The number of aliphatic hydroxyl groups is 1. The molecule has 174 valence electrons. The average molecular weight is 455 g/mol. The molecule has 1 N–H and O–H groups in total. The van der Waals surface area contributed by atoms with E-state index >= 15 is 0 Å². The number of ether oxygens (including phenoxy) is 3. The van der Waals surface area contributed by atoms with Crippen LogP contribution in [0.5, 0.6) is 17.2 Å². The van der Waals surface area contributed by atoms with Crippen molar-refractivity contribution in [3.63, 3.8) is 0 Å². The Bertz CT molecular complexity index is 1060. The first-order valence-electron chi connectivity index (χ1n) is 11.6. The van der Waals surface area contributed by atoms with Crippen molar-refractivity contribution in [2.45, 2.75) is 32.7 Å². The maximum absolute atomic E-state index is 9.35. The number of aryl methyl sites for hydroxylation is 1. The molecule has 0 saturated carbocycles. The van der Waals surface area contributed by atoms with Crippen LogP contribution in [0.4, 0.5) is 0 Å². The van der Waals surface area contributed by atoms with Crippen LogP contribution >= 0.6 is 0 Å². The lowest BCUT2D eigenvalue weighted by molar-refractivity contribution is 0.229. The molecule has 0 fully saturated rings. The van der Waals surface area contributed by atoms with Crippen LogP contribution in [-0.2, 0) is 26.2 Å². The summed E-state index contributed by atoms with van der Waals surface area (Å²) >= 11 is 0. The standard InChI is InChI=1S/C30H30O4/c31-18-10-17-27-19-28(32-21-24-11-4-1-5-12-24)30(34-23-26-15-8-3-9-16-26)29(20-27)33-22-25-13-6-2-7-14-25/h1-9,11-16,19-20,31H,10,17-18,21-23H2. The van der Waals surface area contributed by atoms with Gasteiger partial charge >= 0.3 is 0 Å². The maximum atomic E-state index is 9.35. The second-order valence-electron chi connectivity index (χ2n) is 8.07. The summed E-state index contributed by atoms with van der Waals surface area (Å²) in [5.74, 6) is 1.86. The molecule has 0 aliphatic carbocycles. The zero-order valence-electron chi connectivity index (χ0n) is 19.2. The fraction of sp³-hybridized carbons (Fsp3) is 0.200. The van der Waals surface area contributed by atoms with Gasteiger partial charge in [0.05, 0.1) is 0 Å². The number of hydrogen-bond donors (Lipinski definition) is 1. The van der Waals surface area contributed by atoms with Crippen LogP contribution in [0.3, 0.4) is 0 Å². The van der Waals surface area contributed by atoms with Crippen molar-refractivity contribution in [1.29, 1.82) is 0 Å². The molecule has 0 spiro atoms. The summed E-state index contributed by atoms with van der Waals surface area (Å²) in [6.07, 6.45) is 1.39. The fourth-order valence-electron chi connectivity index (χ4n) is 3.62. The van der Waals surface area contributed by atoms with Crippen molar-refractivity contribution in [2.24, 2.45) is 0 Å². The predicted molar refractivity (Wildman–Crippen MR) is 134 cm³/mol. The van der Waals surface area contributed by atoms with E-state index in [2.05, 4.69) is 0 Å². The predicted octanol–water partition coefficient (Wildman–Crippen LogP) is 6.35. The molecule has 0 aromatic heterocycles. The Morgan fingerprint density at radius 1 is 0.500 bits per heavy atom. The van der Waals surface area contributed by atoms with Gasteiger partial charge in [-0.2, -0.15) is 0 Å². The minimum absolute atomic E-state index is 0.132. The van der Waals surface area contributed by atoms with Crippen LogP contribution in [0.1, 0.15) is 28.7 Å². The van der Waals surface area contributed by atoms with Gasteiger partial charge in [-0.1, -0.05) is 91.0 Å². The van der Waals surface area contributed by atoms with Crippen molar-refractivity contribution in [3.05, 3.63) is 125 Å². The normalized spacial score (nSPS) is 10.6. The van der Waals surface area contributed by atoms with Crippen LogP contribution in [0.25, 0.3) is 0 Å². The topological polar surface area (TPSA) is 47.9 Å². The van der Waals surface area contributed by atoms with E-state index in [-0.39, 0.29) is 6.61 Å². The van der Waals surface area contributed by atoms with Gasteiger partial charge in [-0.15, -0.1) is 0 Å². The van der Waals surface area contributed by atoms with Crippen molar-refractivity contribution in [3.8, 4) is 17.2 Å². The van der Waals surface area contributed by atoms with Crippen LogP contribution in [0, 0.1) is 0 Å². The number of rotatable bonds is 12.